The van der Waals surface area contributed by atoms with Crippen LogP contribution in [0.2, 0.25) is 0 Å². The molecular weight excluding hydrogens is 244 g/mol. The zero-order valence-electron chi connectivity index (χ0n) is 11.5. The minimum absolute atomic E-state index is 0.0327. The van der Waals surface area contributed by atoms with Gasteiger partial charge in [-0.15, -0.1) is 0 Å². The predicted octanol–water partition coefficient (Wildman–Crippen LogP) is 2.39. The summed E-state index contributed by atoms with van der Waals surface area (Å²) in [6.45, 7) is 2.74. The maximum absolute atomic E-state index is 12.1. The monoisotopic (exact) mass is 266 g/mol. The molecule has 1 heterocycles. The molecule has 1 unspecified atom stereocenters. The molecule has 2 rings (SSSR count). The molecule has 1 fully saturated rings. The first-order chi connectivity index (χ1) is 9.15. The number of carbonyl (C=O) groups is 1. The van der Waals surface area contributed by atoms with Crippen LogP contribution in [-0.4, -0.2) is 34.4 Å². The Morgan fingerprint density at radius 2 is 2.26 bits per heavy atom. The van der Waals surface area contributed by atoms with Crippen molar-refractivity contribution in [3.8, 4) is 0 Å². The van der Waals surface area contributed by atoms with Crippen LogP contribution in [0.15, 0.2) is 12.2 Å². The lowest BCUT2D eigenvalue weighted by atomic mass is 9.84. The Labute approximate surface area is 113 Å². The molecule has 2 aliphatic rings. The van der Waals surface area contributed by atoms with Crippen LogP contribution in [0.3, 0.4) is 0 Å². The second-order valence-corrected chi connectivity index (χ2v) is 5.53. The number of nitro groups is 1. The Hall–Kier alpha value is -1.39. The molecule has 0 saturated carbocycles. The van der Waals surface area contributed by atoms with Crippen LogP contribution < -0.4 is 0 Å². The Morgan fingerprint density at radius 1 is 1.47 bits per heavy atom. The number of hydrogen-bond donors (Lipinski definition) is 0. The Morgan fingerprint density at radius 3 is 2.84 bits per heavy atom. The van der Waals surface area contributed by atoms with E-state index in [-0.39, 0.29) is 29.2 Å². The van der Waals surface area contributed by atoms with Crippen molar-refractivity contribution in [1.82, 2.24) is 4.90 Å². The Kier molecular flexibility index (Phi) is 4.56. The maximum Gasteiger partial charge on any atom is 0.242 e. The molecule has 1 aliphatic heterocycles. The van der Waals surface area contributed by atoms with Crippen molar-refractivity contribution in [3.05, 3.63) is 22.3 Å². The number of unbranched alkanes of at least 4 members (excludes halogenated alkanes) is 1. The molecule has 5 nitrogen and oxygen atoms in total. The van der Waals surface area contributed by atoms with Gasteiger partial charge in [-0.25, -0.2) is 0 Å². The molecule has 0 aromatic heterocycles. The van der Waals surface area contributed by atoms with E-state index in [0.717, 1.165) is 32.1 Å². The van der Waals surface area contributed by atoms with E-state index in [1.807, 2.05) is 0 Å². The van der Waals surface area contributed by atoms with E-state index in [4.69, 9.17) is 0 Å². The van der Waals surface area contributed by atoms with Crippen molar-refractivity contribution in [3.63, 3.8) is 0 Å². The molecule has 1 saturated heterocycles. The molecular formula is C14H22N2O3. The Bertz CT molecular complexity index is 381. The first-order valence-electron chi connectivity index (χ1n) is 7.23. The third-order valence-corrected chi connectivity index (χ3v) is 4.27. The van der Waals surface area contributed by atoms with Gasteiger partial charge in [0.2, 0.25) is 11.9 Å². The van der Waals surface area contributed by atoms with Crippen molar-refractivity contribution in [2.75, 3.05) is 6.54 Å². The highest BCUT2D eigenvalue weighted by atomic mass is 16.6. The topological polar surface area (TPSA) is 63.5 Å². The van der Waals surface area contributed by atoms with E-state index in [2.05, 4.69) is 19.1 Å². The van der Waals surface area contributed by atoms with Crippen LogP contribution >= 0.6 is 0 Å². The van der Waals surface area contributed by atoms with E-state index < -0.39 is 6.04 Å². The summed E-state index contributed by atoms with van der Waals surface area (Å²) in [6.07, 6.45) is 9.05. The maximum atomic E-state index is 12.1. The summed E-state index contributed by atoms with van der Waals surface area (Å²) in [7, 11) is 0. The van der Waals surface area contributed by atoms with Gasteiger partial charge >= 0.3 is 0 Å². The van der Waals surface area contributed by atoms with Crippen LogP contribution in [0.25, 0.3) is 0 Å². The number of allylic oxidation sites excluding steroid dienone is 2. The van der Waals surface area contributed by atoms with E-state index in [0.29, 0.717) is 6.54 Å². The highest BCUT2D eigenvalue weighted by Gasteiger charge is 2.49. The molecule has 19 heavy (non-hydrogen) atoms. The molecule has 0 N–H and O–H groups in total. The van der Waals surface area contributed by atoms with Gasteiger partial charge in [-0.2, -0.15) is 0 Å². The fraction of sp³-hybridized carbons (Fsp3) is 0.786. The van der Waals surface area contributed by atoms with Crippen LogP contribution in [0.1, 0.15) is 45.4 Å². The fourth-order valence-corrected chi connectivity index (χ4v) is 3.29. The van der Waals surface area contributed by atoms with Gasteiger partial charge in [-0.05, 0) is 31.6 Å². The number of hydrogen-bond acceptors (Lipinski definition) is 3. The van der Waals surface area contributed by atoms with E-state index >= 15 is 0 Å². The number of amides is 1. The molecule has 0 aromatic carbocycles. The van der Waals surface area contributed by atoms with Crippen molar-refractivity contribution in [2.24, 2.45) is 5.92 Å². The number of likely N-dealkylation sites (tertiary alicyclic amines) is 1. The molecule has 3 atom stereocenters. The molecule has 106 valence electrons. The molecule has 5 heteroatoms. The summed E-state index contributed by atoms with van der Waals surface area (Å²) in [5.74, 6) is 0.221. The molecule has 0 aromatic rings. The summed E-state index contributed by atoms with van der Waals surface area (Å²) < 4.78 is 0. The minimum Gasteiger partial charge on any atom is -0.332 e. The first-order valence-corrected chi connectivity index (χ1v) is 7.23. The largest absolute Gasteiger partial charge is 0.332 e. The van der Waals surface area contributed by atoms with Crippen molar-refractivity contribution in [2.45, 2.75) is 57.5 Å². The van der Waals surface area contributed by atoms with Crippen molar-refractivity contribution >= 4 is 5.91 Å². The molecule has 0 spiro atoms. The lowest BCUT2D eigenvalue weighted by Gasteiger charge is -2.32. The van der Waals surface area contributed by atoms with E-state index in [9.17, 15) is 14.9 Å². The molecule has 1 amide bonds. The average Bonchev–Trinajstić information content (AvgIpc) is 2.74. The molecule has 0 bridgehead atoms. The van der Waals surface area contributed by atoms with Gasteiger partial charge in [-0.3, -0.25) is 14.9 Å². The molecule has 0 radical (unpaired) electrons. The Balaban J connectivity index is 2.16. The zero-order valence-corrected chi connectivity index (χ0v) is 11.5. The number of carbonyl (C=O) groups excluding carboxylic acids is 1. The standard InChI is InChI=1S/C14H22N2O3/c1-2-3-9-15-13(17)10-12(16(18)19)14(15)11-7-5-4-6-8-11/h4-5,11-12,14H,2-3,6-10H2,1H3/t11?,12-,14+/m0/s1. The minimum atomic E-state index is -0.708. The third-order valence-electron chi connectivity index (χ3n) is 4.27. The van der Waals surface area contributed by atoms with Gasteiger partial charge in [-0.1, -0.05) is 25.5 Å². The lowest BCUT2D eigenvalue weighted by Crippen LogP contribution is -2.45. The van der Waals surface area contributed by atoms with Crippen molar-refractivity contribution < 1.29 is 9.72 Å². The predicted molar refractivity (Wildman–Crippen MR) is 72.3 cm³/mol. The summed E-state index contributed by atoms with van der Waals surface area (Å²) in [6, 6.07) is -0.903. The quantitative estimate of drug-likeness (QED) is 0.436. The second kappa shape index (κ2) is 6.17. The summed E-state index contributed by atoms with van der Waals surface area (Å²) in [4.78, 5) is 24.8. The number of nitrogens with zero attached hydrogens (tertiary/aromatic N) is 2. The zero-order chi connectivity index (χ0) is 13.8. The summed E-state index contributed by atoms with van der Waals surface area (Å²) >= 11 is 0. The highest BCUT2D eigenvalue weighted by molar-refractivity contribution is 5.79. The van der Waals surface area contributed by atoms with Gasteiger partial charge in [0.25, 0.3) is 0 Å². The van der Waals surface area contributed by atoms with Gasteiger partial charge in [0.05, 0.1) is 6.42 Å². The van der Waals surface area contributed by atoms with Gasteiger partial charge in [0.15, 0.2) is 0 Å². The highest BCUT2D eigenvalue weighted by Crippen LogP contribution is 2.34. The normalized spacial score (nSPS) is 30.9. The smallest absolute Gasteiger partial charge is 0.242 e. The summed E-state index contributed by atoms with van der Waals surface area (Å²) in [5.41, 5.74) is 0. The van der Waals surface area contributed by atoms with Crippen LogP contribution in [0.5, 0.6) is 0 Å². The molecule has 1 aliphatic carbocycles. The lowest BCUT2D eigenvalue weighted by molar-refractivity contribution is -0.526. The second-order valence-electron chi connectivity index (χ2n) is 5.53. The third kappa shape index (κ3) is 2.96. The van der Waals surface area contributed by atoms with E-state index in [1.54, 1.807) is 4.90 Å². The number of rotatable bonds is 5. The van der Waals surface area contributed by atoms with Crippen LogP contribution in [0.4, 0.5) is 0 Å². The van der Waals surface area contributed by atoms with E-state index in [1.165, 1.54) is 0 Å². The average molecular weight is 266 g/mol. The summed E-state index contributed by atoms with van der Waals surface area (Å²) in [5, 5.41) is 11.2. The SMILES string of the molecule is CCCCN1C(=O)C[C@H]([N+](=O)[O-])[C@H]1C1CC=CCC1. The van der Waals surface area contributed by atoms with Gasteiger partial charge in [0.1, 0.15) is 6.04 Å². The van der Waals surface area contributed by atoms with Gasteiger partial charge < -0.3 is 4.90 Å². The fourth-order valence-electron chi connectivity index (χ4n) is 3.29. The van der Waals surface area contributed by atoms with Gasteiger partial charge in [0, 0.05) is 11.5 Å². The first kappa shape index (κ1) is 14.0. The van der Waals surface area contributed by atoms with Crippen molar-refractivity contribution in [1.29, 1.82) is 0 Å². The van der Waals surface area contributed by atoms with Crippen LogP contribution in [-0.2, 0) is 4.79 Å². The van der Waals surface area contributed by atoms with Crippen LogP contribution in [0, 0.1) is 16.0 Å².